The number of sulfone groups is 1. The van der Waals surface area contributed by atoms with Crippen LogP contribution in [0.2, 0.25) is 0 Å². The average Bonchev–Trinajstić information content (AvgIpc) is 3.10. The molecule has 9 nitrogen and oxygen atoms in total. The molecule has 1 heterocycles. The average molecular weight is 495 g/mol. The van der Waals surface area contributed by atoms with E-state index in [-0.39, 0.29) is 22.0 Å². The molecule has 1 aliphatic heterocycles. The van der Waals surface area contributed by atoms with Gasteiger partial charge in [0.05, 0.1) is 22.0 Å². The van der Waals surface area contributed by atoms with Crippen molar-refractivity contribution >= 4 is 37.4 Å². The van der Waals surface area contributed by atoms with Gasteiger partial charge in [0.15, 0.2) is 16.4 Å². The van der Waals surface area contributed by atoms with E-state index in [0.29, 0.717) is 17.7 Å². The molecule has 0 bridgehead atoms. The zero-order chi connectivity index (χ0) is 24.4. The molecule has 0 spiro atoms. The van der Waals surface area contributed by atoms with E-state index in [4.69, 9.17) is 4.74 Å². The summed E-state index contributed by atoms with van der Waals surface area (Å²) in [5.74, 6) is -1.48. The first kappa shape index (κ1) is 24.7. The molecule has 0 aromatic heterocycles. The first-order chi connectivity index (χ1) is 15.4. The maximum absolute atomic E-state index is 12.8. The number of nitrogens with one attached hydrogen (secondary N) is 1. The minimum absolute atomic E-state index is 0.0148. The van der Waals surface area contributed by atoms with E-state index in [1.165, 1.54) is 30.1 Å². The lowest BCUT2D eigenvalue weighted by molar-refractivity contribution is -0.134. The summed E-state index contributed by atoms with van der Waals surface area (Å²) in [6.07, 6.45) is 0.339. The van der Waals surface area contributed by atoms with Crippen LogP contribution in [-0.2, 0) is 29.4 Å². The number of amides is 1. The van der Waals surface area contributed by atoms with Gasteiger partial charge in [0, 0.05) is 18.8 Å². The van der Waals surface area contributed by atoms with Gasteiger partial charge in [0.25, 0.3) is 15.9 Å². The van der Waals surface area contributed by atoms with E-state index in [1.807, 2.05) is 13.0 Å². The number of benzene rings is 2. The number of rotatable bonds is 7. The molecule has 0 saturated carbocycles. The SMILES string of the molecule is Cc1cccc(NS(=O)(=O)c2ccc(C)c(C(=O)OCC(=O)N(C)C3CCS(=O)(=O)C3)c2)c1. The monoisotopic (exact) mass is 494 g/mol. The van der Waals surface area contributed by atoms with E-state index < -0.39 is 44.4 Å². The fraction of sp³-hybridized carbons (Fsp3) is 0.364. The van der Waals surface area contributed by atoms with Crippen LogP contribution in [0.4, 0.5) is 5.69 Å². The molecule has 1 atom stereocenters. The highest BCUT2D eigenvalue weighted by molar-refractivity contribution is 7.92. The Morgan fingerprint density at radius 2 is 1.88 bits per heavy atom. The second kappa shape index (κ2) is 9.52. The summed E-state index contributed by atoms with van der Waals surface area (Å²) in [6, 6.07) is 10.5. The molecule has 2 aromatic rings. The Morgan fingerprint density at radius 3 is 2.52 bits per heavy atom. The number of hydrogen-bond donors (Lipinski definition) is 1. The Labute approximate surface area is 193 Å². The lowest BCUT2D eigenvalue weighted by atomic mass is 10.1. The normalized spacial score (nSPS) is 17.4. The molecule has 3 rings (SSSR count). The van der Waals surface area contributed by atoms with Crippen LogP contribution in [0.5, 0.6) is 0 Å². The molecule has 1 fully saturated rings. The number of carbonyl (C=O) groups is 2. The molecule has 33 heavy (non-hydrogen) atoms. The number of sulfonamides is 1. The number of nitrogens with zero attached hydrogens (tertiary/aromatic N) is 1. The molecule has 1 aliphatic rings. The minimum atomic E-state index is -3.96. The van der Waals surface area contributed by atoms with E-state index in [2.05, 4.69) is 4.72 Å². The molecule has 0 radical (unpaired) electrons. The number of ether oxygens (including phenoxy) is 1. The van der Waals surface area contributed by atoms with Gasteiger partial charge in [-0.3, -0.25) is 9.52 Å². The largest absolute Gasteiger partial charge is 0.452 e. The number of likely N-dealkylation sites (N-methyl/N-ethyl adjacent to an activating group) is 1. The van der Waals surface area contributed by atoms with Crippen molar-refractivity contribution in [3.63, 3.8) is 0 Å². The maximum Gasteiger partial charge on any atom is 0.338 e. The summed E-state index contributed by atoms with van der Waals surface area (Å²) >= 11 is 0. The van der Waals surface area contributed by atoms with Crippen molar-refractivity contribution in [2.75, 3.05) is 29.9 Å². The second-order valence-electron chi connectivity index (χ2n) is 8.09. The van der Waals surface area contributed by atoms with E-state index in [1.54, 1.807) is 25.1 Å². The van der Waals surface area contributed by atoms with Crippen LogP contribution >= 0.6 is 0 Å². The first-order valence-electron chi connectivity index (χ1n) is 10.2. The zero-order valence-electron chi connectivity index (χ0n) is 18.6. The third-order valence-electron chi connectivity index (χ3n) is 5.49. The highest BCUT2D eigenvalue weighted by atomic mass is 32.2. The van der Waals surface area contributed by atoms with Crippen LogP contribution in [0.25, 0.3) is 0 Å². The standard InChI is InChI=1S/C22H26N2O7S2/c1-15-5-4-6-17(11-15)23-33(29,30)19-8-7-16(2)20(12-19)22(26)31-13-21(25)24(3)18-9-10-32(27,28)14-18/h4-8,11-12,18,23H,9-10,13-14H2,1-3H3. The molecular formula is C22H26N2O7S2. The lowest BCUT2D eigenvalue weighted by Gasteiger charge is -2.23. The van der Waals surface area contributed by atoms with Gasteiger partial charge < -0.3 is 9.64 Å². The highest BCUT2D eigenvalue weighted by Crippen LogP contribution is 2.21. The quantitative estimate of drug-likeness (QED) is 0.583. The molecule has 178 valence electrons. The molecule has 1 N–H and O–H groups in total. The topological polar surface area (TPSA) is 127 Å². The molecular weight excluding hydrogens is 468 g/mol. The number of hydrogen-bond acceptors (Lipinski definition) is 7. The second-order valence-corrected chi connectivity index (χ2v) is 12.0. The van der Waals surface area contributed by atoms with Gasteiger partial charge in [-0.2, -0.15) is 0 Å². The Kier molecular flexibility index (Phi) is 7.13. The minimum Gasteiger partial charge on any atom is -0.452 e. The number of aryl methyl sites for hydroxylation is 2. The lowest BCUT2D eigenvalue weighted by Crippen LogP contribution is -2.40. The van der Waals surface area contributed by atoms with Gasteiger partial charge in [0.2, 0.25) is 0 Å². The Hall–Kier alpha value is -2.92. The third-order valence-corrected chi connectivity index (χ3v) is 8.62. The first-order valence-corrected chi connectivity index (χ1v) is 13.5. The van der Waals surface area contributed by atoms with Gasteiger partial charge in [-0.25, -0.2) is 21.6 Å². The third kappa shape index (κ3) is 6.11. The van der Waals surface area contributed by atoms with Crippen molar-refractivity contribution in [1.82, 2.24) is 4.90 Å². The molecule has 0 aliphatic carbocycles. The molecule has 1 unspecified atom stereocenters. The van der Waals surface area contributed by atoms with Crippen LogP contribution in [0.15, 0.2) is 47.4 Å². The van der Waals surface area contributed by atoms with Crippen LogP contribution in [-0.4, -0.2) is 64.8 Å². The summed E-state index contributed by atoms with van der Waals surface area (Å²) in [6.45, 7) is 2.88. The number of carbonyl (C=O) groups excluding carboxylic acids is 2. The molecule has 11 heteroatoms. The maximum atomic E-state index is 12.8. The molecule has 2 aromatic carbocycles. The van der Waals surface area contributed by atoms with Crippen LogP contribution in [0.1, 0.15) is 27.9 Å². The van der Waals surface area contributed by atoms with Gasteiger partial charge in [-0.1, -0.05) is 18.2 Å². The summed E-state index contributed by atoms with van der Waals surface area (Å²) in [5, 5.41) is 0. The van der Waals surface area contributed by atoms with Crippen molar-refractivity contribution < 1.29 is 31.2 Å². The Morgan fingerprint density at radius 1 is 1.15 bits per heavy atom. The van der Waals surface area contributed by atoms with Crippen molar-refractivity contribution in [3.8, 4) is 0 Å². The van der Waals surface area contributed by atoms with Gasteiger partial charge in [-0.05, 0) is 55.7 Å². The predicted molar refractivity (Wildman–Crippen MR) is 123 cm³/mol. The van der Waals surface area contributed by atoms with E-state index in [0.717, 1.165) is 5.56 Å². The Bertz CT molecular complexity index is 1290. The summed E-state index contributed by atoms with van der Waals surface area (Å²) in [7, 11) is -5.65. The van der Waals surface area contributed by atoms with Crippen molar-refractivity contribution in [3.05, 3.63) is 59.2 Å². The Balaban J connectivity index is 1.69. The zero-order valence-corrected chi connectivity index (χ0v) is 20.2. The van der Waals surface area contributed by atoms with E-state index in [9.17, 15) is 26.4 Å². The predicted octanol–water partition coefficient (Wildman–Crippen LogP) is 1.91. The van der Waals surface area contributed by atoms with Crippen molar-refractivity contribution in [1.29, 1.82) is 0 Å². The summed E-state index contributed by atoms with van der Waals surface area (Å²) in [5.41, 5.74) is 1.77. The van der Waals surface area contributed by atoms with Crippen molar-refractivity contribution in [2.24, 2.45) is 0 Å². The number of esters is 1. The van der Waals surface area contributed by atoms with E-state index >= 15 is 0 Å². The van der Waals surface area contributed by atoms with Crippen LogP contribution < -0.4 is 4.72 Å². The fourth-order valence-electron chi connectivity index (χ4n) is 3.50. The highest BCUT2D eigenvalue weighted by Gasteiger charge is 2.33. The van der Waals surface area contributed by atoms with Gasteiger partial charge >= 0.3 is 5.97 Å². The summed E-state index contributed by atoms with van der Waals surface area (Å²) < 4.78 is 56.4. The number of anilines is 1. The molecule has 1 saturated heterocycles. The van der Waals surface area contributed by atoms with Gasteiger partial charge in [-0.15, -0.1) is 0 Å². The summed E-state index contributed by atoms with van der Waals surface area (Å²) in [4.78, 5) is 26.1. The van der Waals surface area contributed by atoms with Crippen LogP contribution in [0, 0.1) is 13.8 Å². The van der Waals surface area contributed by atoms with Gasteiger partial charge in [0.1, 0.15) is 0 Å². The fourth-order valence-corrected chi connectivity index (χ4v) is 6.35. The van der Waals surface area contributed by atoms with Crippen molar-refractivity contribution in [2.45, 2.75) is 31.2 Å². The van der Waals surface area contributed by atoms with Crippen LogP contribution in [0.3, 0.4) is 0 Å². The molecule has 1 amide bonds. The smallest absolute Gasteiger partial charge is 0.338 e.